The molecule has 0 aromatic heterocycles. The zero-order valence-electron chi connectivity index (χ0n) is 13.4. The molecular formula is C14H30N4O2. The first-order valence-corrected chi connectivity index (χ1v) is 7.33. The molecule has 0 heterocycles. The van der Waals surface area contributed by atoms with Gasteiger partial charge in [-0.05, 0) is 6.42 Å². The van der Waals surface area contributed by atoms with Crippen molar-refractivity contribution in [1.29, 1.82) is 0 Å². The maximum Gasteiger partial charge on any atom is 0.243 e. The molecule has 0 aliphatic heterocycles. The van der Waals surface area contributed by atoms with Gasteiger partial charge in [-0.1, -0.05) is 26.2 Å². The zero-order chi connectivity index (χ0) is 15.2. The number of carbonyl (C=O) groups is 1. The number of nitrogens with zero attached hydrogens (tertiary/aromatic N) is 2. The van der Waals surface area contributed by atoms with E-state index < -0.39 is 0 Å². The van der Waals surface area contributed by atoms with Crippen molar-refractivity contribution in [2.45, 2.75) is 32.6 Å². The Balaban J connectivity index is 4.11. The number of methoxy groups -OCH3 is 1. The summed E-state index contributed by atoms with van der Waals surface area (Å²) < 4.78 is 4.99. The van der Waals surface area contributed by atoms with Crippen LogP contribution in [0.4, 0.5) is 0 Å². The van der Waals surface area contributed by atoms with E-state index in [0.717, 1.165) is 13.0 Å². The molecule has 1 amide bonds. The number of nitrogens with one attached hydrogen (secondary N) is 2. The summed E-state index contributed by atoms with van der Waals surface area (Å²) in [6, 6.07) is 0. The smallest absolute Gasteiger partial charge is 0.243 e. The summed E-state index contributed by atoms with van der Waals surface area (Å²) in [7, 11) is 5.12. The topological polar surface area (TPSA) is 66.0 Å². The van der Waals surface area contributed by atoms with E-state index in [2.05, 4.69) is 22.5 Å². The van der Waals surface area contributed by atoms with Crippen molar-refractivity contribution < 1.29 is 9.53 Å². The van der Waals surface area contributed by atoms with Crippen LogP contribution in [0, 0.1) is 0 Å². The molecule has 0 unspecified atom stereocenters. The molecule has 0 bridgehead atoms. The van der Waals surface area contributed by atoms with Crippen LogP contribution in [0.1, 0.15) is 32.6 Å². The molecule has 0 saturated heterocycles. The van der Waals surface area contributed by atoms with E-state index in [1.54, 1.807) is 21.2 Å². The Morgan fingerprint density at radius 1 is 1.15 bits per heavy atom. The van der Waals surface area contributed by atoms with Gasteiger partial charge >= 0.3 is 0 Å². The number of hydrogen-bond acceptors (Lipinski definition) is 3. The van der Waals surface area contributed by atoms with E-state index in [1.165, 1.54) is 24.2 Å². The summed E-state index contributed by atoms with van der Waals surface area (Å²) in [5, 5.41) is 6.39. The van der Waals surface area contributed by atoms with E-state index in [-0.39, 0.29) is 12.5 Å². The van der Waals surface area contributed by atoms with Crippen LogP contribution in [0.3, 0.4) is 0 Å². The second-order valence-electron chi connectivity index (χ2n) is 4.86. The van der Waals surface area contributed by atoms with Crippen molar-refractivity contribution in [1.82, 2.24) is 15.5 Å². The molecule has 2 N–H and O–H groups in total. The standard InChI is InChI=1S/C14H30N4O2/c1-5-6-7-8-9-15-14(16-10-11-20-4)17-12-13(19)18(2)3/h5-12H2,1-4H3,(H2,15,16,17). The van der Waals surface area contributed by atoms with Gasteiger partial charge in [0.1, 0.15) is 6.54 Å². The first kappa shape index (κ1) is 18.7. The molecule has 0 saturated carbocycles. The summed E-state index contributed by atoms with van der Waals surface area (Å²) in [5.74, 6) is 0.664. The minimum Gasteiger partial charge on any atom is -0.383 e. The highest BCUT2D eigenvalue weighted by Gasteiger charge is 2.04. The number of guanidine groups is 1. The molecule has 0 atom stereocenters. The Morgan fingerprint density at radius 2 is 1.85 bits per heavy atom. The molecule has 0 aliphatic carbocycles. The maximum atomic E-state index is 11.5. The lowest BCUT2D eigenvalue weighted by molar-refractivity contribution is -0.127. The summed E-state index contributed by atoms with van der Waals surface area (Å²) in [4.78, 5) is 17.4. The number of carbonyl (C=O) groups excluding carboxylic acids is 1. The molecule has 0 aliphatic rings. The average Bonchev–Trinajstić information content (AvgIpc) is 2.43. The van der Waals surface area contributed by atoms with E-state index >= 15 is 0 Å². The van der Waals surface area contributed by atoms with Gasteiger partial charge in [0.05, 0.1) is 6.61 Å². The Hall–Kier alpha value is -1.30. The van der Waals surface area contributed by atoms with Crippen LogP contribution in [0.25, 0.3) is 0 Å². The molecule has 6 nitrogen and oxygen atoms in total. The SMILES string of the molecule is CCCCCCNC(=NCC(=O)N(C)C)NCCOC. The van der Waals surface area contributed by atoms with Crippen molar-refractivity contribution in [2.24, 2.45) is 4.99 Å². The zero-order valence-corrected chi connectivity index (χ0v) is 13.4. The molecule has 118 valence electrons. The largest absolute Gasteiger partial charge is 0.383 e. The number of amides is 1. The van der Waals surface area contributed by atoms with Crippen LogP contribution in [0.15, 0.2) is 4.99 Å². The average molecular weight is 286 g/mol. The number of aliphatic imine (C=N–C) groups is 1. The maximum absolute atomic E-state index is 11.5. The predicted molar refractivity (Wildman–Crippen MR) is 83.0 cm³/mol. The van der Waals surface area contributed by atoms with Crippen LogP contribution in [0.2, 0.25) is 0 Å². The van der Waals surface area contributed by atoms with E-state index in [9.17, 15) is 4.79 Å². The van der Waals surface area contributed by atoms with Gasteiger partial charge in [0.2, 0.25) is 5.91 Å². The minimum absolute atomic E-state index is 0.0103. The van der Waals surface area contributed by atoms with Crippen LogP contribution < -0.4 is 10.6 Å². The first-order chi connectivity index (χ1) is 9.61. The van der Waals surface area contributed by atoms with Gasteiger partial charge in [-0.2, -0.15) is 0 Å². The van der Waals surface area contributed by atoms with Gasteiger partial charge in [0.25, 0.3) is 0 Å². The number of hydrogen-bond donors (Lipinski definition) is 2. The normalized spacial score (nSPS) is 11.3. The van der Waals surface area contributed by atoms with Crippen LogP contribution >= 0.6 is 0 Å². The van der Waals surface area contributed by atoms with Crippen LogP contribution in [-0.2, 0) is 9.53 Å². The Morgan fingerprint density at radius 3 is 2.45 bits per heavy atom. The van der Waals surface area contributed by atoms with Crippen molar-refractivity contribution in [3.63, 3.8) is 0 Å². The Bertz CT molecular complexity index is 280. The van der Waals surface area contributed by atoms with E-state index in [4.69, 9.17) is 4.74 Å². The Labute approximate surface area is 123 Å². The third kappa shape index (κ3) is 10.6. The second kappa shape index (κ2) is 12.7. The fourth-order valence-electron chi connectivity index (χ4n) is 1.49. The molecule has 0 aromatic carbocycles. The monoisotopic (exact) mass is 286 g/mol. The molecule has 0 radical (unpaired) electrons. The molecule has 20 heavy (non-hydrogen) atoms. The highest BCUT2D eigenvalue weighted by atomic mass is 16.5. The fraction of sp³-hybridized carbons (Fsp3) is 0.857. The summed E-state index contributed by atoms with van der Waals surface area (Å²) in [6.07, 6.45) is 4.81. The second-order valence-corrected chi connectivity index (χ2v) is 4.86. The fourth-order valence-corrected chi connectivity index (χ4v) is 1.49. The number of ether oxygens (including phenoxy) is 1. The number of likely N-dealkylation sites (N-methyl/N-ethyl adjacent to an activating group) is 1. The summed E-state index contributed by atoms with van der Waals surface area (Å²) in [5.41, 5.74) is 0. The molecular weight excluding hydrogens is 256 g/mol. The number of rotatable bonds is 10. The van der Waals surface area contributed by atoms with Gasteiger partial charge in [-0.15, -0.1) is 0 Å². The van der Waals surface area contributed by atoms with Gasteiger partial charge in [-0.25, -0.2) is 4.99 Å². The minimum atomic E-state index is -0.0103. The van der Waals surface area contributed by atoms with Crippen molar-refractivity contribution in [2.75, 3.05) is 47.4 Å². The highest BCUT2D eigenvalue weighted by molar-refractivity contribution is 5.84. The molecule has 0 spiro atoms. The third-order valence-electron chi connectivity index (χ3n) is 2.79. The highest BCUT2D eigenvalue weighted by Crippen LogP contribution is 1.96. The third-order valence-corrected chi connectivity index (χ3v) is 2.79. The molecule has 0 rings (SSSR count). The van der Waals surface area contributed by atoms with Crippen LogP contribution in [0.5, 0.6) is 0 Å². The summed E-state index contributed by atoms with van der Waals surface area (Å²) >= 11 is 0. The summed E-state index contributed by atoms with van der Waals surface area (Å²) in [6.45, 7) is 4.50. The molecule has 0 fully saturated rings. The lowest BCUT2D eigenvalue weighted by Crippen LogP contribution is -2.40. The van der Waals surface area contributed by atoms with Gasteiger partial charge in [0.15, 0.2) is 5.96 Å². The van der Waals surface area contributed by atoms with Gasteiger partial charge in [-0.3, -0.25) is 4.79 Å². The van der Waals surface area contributed by atoms with Crippen molar-refractivity contribution in [3.05, 3.63) is 0 Å². The quantitative estimate of drug-likeness (QED) is 0.355. The Kier molecular flexibility index (Phi) is 11.9. The molecule has 6 heteroatoms. The van der Waals surface area contributed by atoms with Gasteiger partial charge < -0.3 is 20.3 Å². The van der Waals surface area contributed by atoms with Crippen molar-refractivity contribution in [3.8, 4) is 0 Å². The van der Waals surface area contributed by atoms with Gasteiger partial charge in [0, 0.05) is 34.3 Å². The van der Waals surface area contributed by atoms with E-state index in [1.807, 2.05) is 0 Å². The number of unbranched alkanes of at least 4 members (excludes halogenated alkanes) is 3. The van der Waals surface area contributed by atoms with Crippen LogP contribution in [-0.4, -0.2) is 64.2 Å². The first-order valence-electron chi connectivity index (χ1n) is 7.33. The predicted octanol–water partition coefficient (Wildman–Crippen LogP) is 0.837. The van der Waals surface area contributed by atoms with E-state index in [0.29, 0.717) is 19.1 Å². The molecule has 0 aromatic rings. The lowest BCUT2D eigenvalue weighted by Gasteiger charge is -2.13. The lowest BCUT2D eigenvalue weighted by atomic mass is 10.2. The van der Waals surface area contributed by atoms with Crippen molar-refractivity contribution >= 4 is 11.9 Å².